The fourth-order valence-corrected chi connectivity index (χ4v) is 0.137. The van der Waals surface area contributed by atoms with Crippen molar-refractivity contribution in [3.05, 3.63) is 12.3 Å². The van der Waals surface area contributed by atoms with Gasteiger partial charge in [0.05, 0.1) is 0 Å². The van der Waals surface area contributed by atoms with E-state index in [4.69, 9.17) is 0 Å². The molecule has 0 aliphatic rings. The number of hydrogen-bond donors (Lipinski definition) is 2. The largest absolute Gasteiger partial charge is 0.428 e. The number of hydroxylamine groups is 1. The van der Waals surface area contributed by atoms with Crippen LogP contribution in [0.15, 0.2) is 12.3 Å². The molecule has 8 heavy (non-hydrogen) atoms. The van der Waals surface area contributed by atoms with E-state index >= 15 is 0 Å². The Morgan fingerprint density at radius 3 is 2.50 bits per heavy atom. The number of rotatable bonds is 2. The molecule has 0 fully saturated rings. The van der Waals surface area contributed by atoms with E-state index < -0.39 is 6.09 Å². The molecule has 0 aromatic carbocycles. The zero-order chi connectivity index (χ0) is 6.57. The molecule has 0 rings (SSSR count). The molecule has 0 aromatic heterocycles. The van der Waals surface area contributed by atoms with Crippen LogP contribution in [0.3, 0.4) is 0 Å². The highest BCUT2D eigenvalue weighted by Gasteiger charge is 1.88. The summed E-state index contributed by atoms with van der Waals surface area (Å²) in [4.78, 5) is 13.9. The molecule has 0 heterocycles. The van der Waals surface area contributed by atoms with Gasteiger partial charge in [0.15, 0.2) is 0 Å². The first-order valence-corrected chi connectivity index (χ1v) is 2.00. The van der Waals surface area contributed by atoms with Crippen LogP contribution in [0.5, 0.6) is 0 Å². The summed E-state index contributed by atoms with van der Waals surface area (Å²) >= 11 is 0. The third-order valence-corrected chi connectivity index (χ3v) is 0.326. The topological polar surface area (TPSA) is 64.3 Å². The van der Waals surface area contributed by atoms with Crippen molar-refractivity contribution < 1.29 is 9.63 Å². The normalized spacial score (nSPS) is 7.62. The lowest BCUT2D eigenvalue weighted by molar-refractivity contribution is 0.115. The molecule has 0 saturated heterocycles. The van der Waals surface area contributed by atoms with Crippen molar-refractivity contribution in [2.24, 2.45) is 5.73 Å². The van der Waals surface area contributed by atoms with Crippen LogP contribution in [-0.4, -0.2) is 6.09 Å². The highest BCUT2D eigenvalue weighted by molar-refractivity contribution is 5.64. The van der Waals surface area contributed by atoms with Crippen LogP contribution in [0.25, 0.3) is 0 Å². The Balaban J connectivity index is 3.18. The molecule has 0 spiro atoms. The number of nitrogens with two attached hydrogens (primary N) is 1. The maximum Gasteiger partial charge on any atom is 0.428 e. The lowest BCUT2D eigenvalue weighted by Crippen LogP contribution is -2.22. The van der Waals surface area contributed by atoms with E-state index in [0.717, 1.165) is 0 Å². The minimum absolute atomic E-state index is 0.531. The third kappa shape index (κ3) is 4.81. The van der Waals surface area contributed by atoms with Crippen LogP contribution in [-0.2, 0) is 4.84 Å². The number of primary amides is 1. The van der Waals surface area contributed by atoms with Crippen LogP contribution < -0.4 is 11.2 Å². The molecular weight excluding hydrogens is 108 g/mol. The fourth-order valence-electron chi connectivity index (χ4n) is 0.137. The second-order valence-electron chi connectivity index (χ2n) is 1.30. The minimum Gasteiger partial charge on any atom is -0.333 e. The van der Waals surface area contributed by atoms with E-state index in [1.54, 1.807) is 6.92 Å². The smallest absolute Gasteiger partial charge is 0.333 e. The number of carbonyl (C=O) groups is 1. The summed E-state index contributed by atoms with van der Waals surface area (Å²) in [5.74, 6) is 0. The predicted octanol–water partition coefficient (Wildman–Crippen LogP) is 0.120. The Morgan fingerprint density at radius 2 is 2.38 bits per heavy atom. The second-order valence-corrected chi connectivity index (χ2v) is 1.30. The lowest BCUT2D eigenvalue weighted by atomic mass is 10.6. The molecule has 0 unspecified atom stereocenters. The van der Waals surface area contributed by atoms with Gasteiger partial charge in [-0.15, -0.1) is 0 Å². The average molecular weight is 116 g/mol. The van der Waals surface area contributed by atoms with E-state index in [0.29, 0.717) is 5.70 Å². The van der Waals surface area contributed by atoms with E-state index in [2.05, 4.69) is 22.6 Å². The van der Waals surface area contributed by atoms with Crippen molar-refractivity contribution in [2.45, 2.75) is 6.92 Å². The average Bonchev–Trinajstić information content (AvgIpc) is 1.61. The number of amides is 1. The van der Waals surface area contributed by atoms with E-state index in [1.165, 1.54) is 0 Å². The van der Waals surface area contributed by atoms with E-state index in [9.17, 15) is 4.79 Å². The van der Waals surface area contributed by atoms with Crippen molar-refractivity contribution in [3.8, 4) is 0 Å². The summed E-state index contributed by atoms with van der Waals surface area (Å²) in [6.07, 6.45) is -0.868. The monoisotopic (exact) mass is 116 g/mol. The Labute approximate surface area is 47.3 Å². The summed E-state index contributed by atoms with van der Waals surface area (Å²) in [5.41, 5.74) is 7.28. The number of nitrogens with one attached hydrogen (secondary N) is 1. The van der Waals surface area contributed by atoms with Crippen molar-refractivity contribution in [3.63, 3.8) is 0 Å². The molecule has 0 atom stereocenters. The van der Waals surface area contributed by atoms with Crippen LogP contribution in [0.1, 0.15) is 6.92 Å². The molecule has 46 valence electrons. The number of allylic oxidation sites excluding steroid dienone is 1. The lowest BCUT2D eigenvalue weighted by Gasteiger charge is -1.99. The third-order valence-electron chi connectivity index (χ3n) is 0.326. The van der Waals surface area contributed by atoms with E-state index in [-0.39, 0.29) is 0 Å². The van der Waals surface area contributed by atoms with Gasteiger partial charge < -0.3 is 10.6 Å². The van der Waals surface area contributed by atoms with Gasteiger partial charge in [0.25, 0.3) is 0 Å². The highest BCUT2D eigenvalue weighted by atomic mass is 16.7. The van der Waals surface area contributed by atoms with E-state index in [1.807, 2.05) is 0 Å². The Bertz CT molecular complexity index is 96.6. The van der Waals surface area contributed by atoms with Crippen molar-refractivity contribution in [1.82, 2.24) is 5.48 Å². The first kappa shape index (κ1) is 6.81. The second kappa shape index (κ2) is 2.90. The van der Waals surface area contributed by atoms with Gasteiger partial charge in [0.1, 0.15) is 0 Å². The van der Waals surface area contributed by atoms with Crippen LogP contribution >= 0.6 is 0 Å². The Morgan fingerprint density at radius 1 is 1.88 bits per heavy atom. The molecular formula is C4H8N2O2. The fraction of sp³-hybridized carbons (Fsp3) is 0.250. The minimum atomic E-state index is -0.868. The molecule has 3 N–H and O–H groups in total. The SMILES string of the molecule is C=C(C)NOC(N)=O. The molecule has 0 bridgehead atoms. The molecule has 0 aliphatic heterocycles. The van der Waals surface area contributed by atoms with Crippen LogP contribution in [0.2, 0.25) is 0 Å². The molecule has 4 heteroatoms. The van der Waals surface area contributed by atoms with Gasteiger partial charge in [-0.05, 0) is 6.92 Å². The van der Waals surface area contributed by atoms with Crippen molar-refractivity contribution in [1.29, 1.82) is 0 Å². The van der Waals surface area contributed by atoms with Crippen molar-refractivity contribution in [2.75, 3.05) is 0 Å². The molecule has 0 saturated carbocycles. The maximum absolute atomic E-state index is 9.80. The standard InChI is InChI=1S/C4H8N2O2/c1-3(2)6-8-4(5)7/h6H,1H2,2H3,(H2,5,7). The van der Waals surface area contributed by atoms with Crippen molar-refractivity contribution >= 4 is 6.09 Å². The zero-order valence-corrected chi connectivity index (χ0v) is 4.60. The highest BCUT2D eigenvalue weighted by Crippen LogP contribution is 1.76. The number of hydrogen-bond acceptors (Lipinski definition) is 3. The summed E-state index contributed by atoms with van der Waals surface area (Å²) in [7, 11) is 0. The summed E-state index contributed by atoms with van der Waals surface area (Å²) in [6.45, 7) is 5.03. The van der Waals surface area contributed by atoms with Gasteiger partial charge in [-0.1, -0.05) is 6.58 Å². The molecule has 4 nitrogen and oxygen atoms in total. The van der Waals surface area contributed by atoms with Crippen LogP contribution in [0, 0.1) is 0 Å². The summed E-state index contributed by atoms with van der Waals surface area (Å²) in [6, 6.07) is 0. The quantitative estimate of drug-likeness (QED) is 0.503. The number of carbonyl (C=O) groups excluding carboxylic acids is 1. The summed E-state index contributed by atoms with van der Waals surface area (Å²) in [5, 5.41) is 0. The Kier molecular flexibility index (Phi) is 2.47. The van der Waals surface area contributed by atoms with Gasteiger partial charge in [-0.3, -0.25) is 0 Å². The Hall–Kier alpha value is -1.19. The van der Waals surface area contributed by atoms with Gasteiger partial charge in [0, 0.05) is 5.70 Å². The van der Waals surface area contributed by atoms with Gasteiger partial charge in [0.2, 0.25) is 0 Å². The zero-order valence-electron chi connectivity index (χ0n) is 4.60. The van der Waals surface area contributed by atoms with Gasteiger partial charge >= 0.3 is 6.09 Å². The molecule has 0 aromatic rings. The molecule has 0 radical (unpaired) electrons. The van der Waals surface area contributed by atoms with Crippen LogP contribution in [0.4, 0.5) is 4.79 Å². The molecule has 1 amide bonds. The molecule has 0 aliphatic carbocycles. The van der Waals surface area contributed by atoms with Gasteiger partial charge in [-0.25, -0.2) is 10.3 Å². The predicted molar refractivity (Wildman–Crippen MR) is 28.6 cm³/mol. The summed E-state index contributed by atoms with van der Waals surface area (Å²) < 4.78 is 0. The maximum atomic E-state index is 9.80. The van der Waals surface area contributed by atoms with Gasteiger partial charge in [-0.2, -0.15) is 0 Å². The first-order valence-electron chi connectivity index (χ1n) is 2.00. The first-order chi connectivity index (χ1) is 3.63.